The molecule has 1 amide bonds. The van der Waals surface area contributed by atoms with E-state index in [1.807, 2.05) is 43.3 Å². The van der Waals surface area contributed by atoms with E-state index in [9.17, 15) is 4.79 Å². The number of rotatable bonds is 3. The zero-order chi connectivity index (χ0) is 16.5. The van der Waals surface area contributed by atoms with Gasteiger partial charge in [-0.3, -0.25) is 9.78 Å². The molecule has 6 heteroatoms. The molecule has 2 aromatic rings. The van der Waals surface area contributed by atoms with Gasteiger partial charge >= 0.3 is 0 Å². The van der Waals surface area contributed by atoms with Gasteiger partial charge in [-0.05, 0) is 31.2 Å². The molecule has 1 aromatic carbocycles. The van der Waals surface area contributed by atoms with Crippen molar-refractivity contribution in [3.05, 3.63) is 48.8 Å². The van der Waals surface area contributed by atoms with Crippen molar-refractivity contribution in [1.82, 2.24) is 9.88 Å². The summed E-state index contributed by atoms with van der Waals surface area (Å²) in [5, 5.41) is 0. The SMILES string of the molecule is CC1Oc2ccccc2OC1C(=O)N1CC(Oc2cccnc2)C1. The Hall–Kier alpha value is -2.76. The van der Waals surface area contributed by atoms with E-state index in [-0.39, 0.29) is 18.1 Å². The van der Waals surface area contributed by atoms with Gasteiger partial charge in [0.25, 0.3) is 5.91 Å². The van der Waals surface area contributed by atoms with Crippen LogP contribution >= 0.6 is 0 Å². The number of hydrogen-bond acceptors (Lipinski definition) is 5. The average molecular weight is 326 g/mol. The number of nitrogens with zero attached hydrogens (tertiary/aromatic N) is 2. The normalized spacial score (nSPS) is 22.6. The zero-order valence-electron chi connectivity index (χ0n) is 13.3. The Kier molecular flexibility index (Phi) is 3.72. The molecule has 0 saturated carbocycles. The van der Waals surface area contributed by atoms with Crippen LogP contribution in [0.3, 0.4) is 0 Å². The fourth-order valence-electron chi connectivity index (χ4n) is 2.87. The third-order valence-electron chi connectivity index (χ3n) is 4.18. The molecule has 2 aliphatic heterocycles. The quantitative estimate of drug-likeness (QED) is 0.862. The zero-order valence-corrected chi connectivity index (χ0v) is 13.3. The van der Waals surface area contributed by atoms with E-state index in [0.717, 1.165) is 0 Å². The highest BCUT2D eigenvalue weighted by Gasteiger charge is 2.41. The number of likely N-dealkylation sites (tertiary alicyclic amines) is 1. The Labute approximate surface area is 140 Å². The van der Waals surface area contributed by atoms with Crippen LogP contribution in [0.15, 0.2) is 48.8 Å². The minimum Gasteiger partial charge on any atom is -0.485 e. The number of pyridine rings is 1. The Morgan fingerprint density at radius 2 is 1.92 bits per heavy atom. The molecule has 3 heterocycles. The first-order valence-electron chi connectivity index (χ1n) is 7.98. The maximum absolute atomic E-state index is 12.7. The molecule has 2 aliphatic rings. The lowest BCUT2D eigenvalue weighted by Gasteiger charge is -2.42. The first-order valence-corrected chi connectivity index (χ1v) is 7.98. The third-order valence-corrected chi connectivity index (χ3v) is 4.18. The van der Waals surface area contributed by atoms with Crippen LogP contribution in [0.4, 0.5) is 0 Å². The predicted octanol–water partition coefficient (Wildman–Crippen LogP) is 1.90. The molecular formula is C18H18N2O4. The van der Waals surface area contributed by atoms with Crippen LogP contribution in [0.25, 0.3) is 0 Å². The number of aromatic nitrogens is 1. The van der Waals surface area contributed by atoms with Gasteiger partial charge in [0.1, 0.15) is 18.0 Å². The van der Waals surface area contributed by atoms with Crippen LogP contribution in [-0.2, 0) is 4.79 Å². The molecule has 0 aliphatic carbocycles. The van der Waals surface area contributed by atoms with Gasteiger partial charge in [0.05, 0.1) is 19.3 Å². The summed E-state index contributed by atoms with van der Waals surface area (Å²) in [5.74, 6) is 1.94. The average Bonchev–Trinajstić information content (AvgIpc) is 2.57. The van der Waals surface area contributed by atoms with Gasteiger partial charge in [0, 0.05) is 6.20 Å². The molecule has 4 rings (SSSR count). The summed E-state index contributed by atoms with van der Waals surface area (Å²) in [5.41, 5.74) is 0. The van der Waals surface area contributed by atoms with Gasteiger partial charge in [-0.25, -0.2) is 0 Å². The predicted molar refractivity (Wildman–Crippen MR) is 86.2 cm³/mol. The second-order valence-corrected chi connectivity index (χ2v) is 5.98. The van der Waals surface area contributed by atoms with E-state index in [1.165, 1.54) is 0 Å². The Morgan fingerprint density at radius 1 is 1.17 bits per heavy atom. The van der Waals surface area contributed by atoms with Crippen molar-refractivity contribution in [3.63, 3.8) is 0 Å². The summed E-state index contributed by atoms with van der Waals surface area (Å²) >= 11 is 0. The minimum absolute atomic E-state index is 0.00903. The van der Waals surface area contributed by atoms with E-state index in [1.54, 1.807) is 17.3 Å². The van der Waals surface area contributed by atoms with Gasteiger partial charge in [0.15, 0.2) is 11.5 Å². The molecule has 2 unspecified atom stereocenters. The second-order valence-electron chi connectivity index (χ2n) is 5.98. The lowest BCUT2D eigenvalue weighted by molar-refractivity contribution is -0.153. The third kappa shape index (κ3) is 2.75. The topological polar surface area (TPSA) is 60.9 Å². The van der Waals surface area contributed by atoms with Crippen LogP contribution < -0.4 is 14.2 Å². The number of carbonyl (C=O) groups is 1. The molecule has 0 bridgehead atoms. The highest BCUT2D eigenvalue weighted by Crippen LogP contribution is 2.34. The monoisotopic (exact) mass is 326 g/mol. The van der Waals surface area contributed by atoms with Crippen LogP contribution in [0.5, 0.6) is 17.2 Å². The largest absolute Gasteiger partial charge is 0.485 e. The molecular weight excluding hydrogens is 308 g/mol. The molecule has 24 heavy (non-hydrogen) atoms. The number of hydrogen-bond donors (Lipinski definition) is 0. The van der Waals surface area contributed by atoms with Crippen molar-refractivity contribution in [2.24, 2.45) is 0 Å². The van der Waals surface area contributed by atoms with Crippen molar-refractivity contribution in [2.75, 3.05) is 13.1 Å². The highest BCUT2D eigenvalue weighted by atomic mass is 16.6. The molecule has 124 valence electrons. The summed E-state index contributed by atoms with van der Waals surface area (Å²) in [6.45, 7) is 2.94. The van der Waals surface area contributed by atoms with E-state index >= 15 is 0 Å². The summed E-state index contributed by atoms with van der Waals surface area (Å²) in [6, 6.07) is 11.1. The lowest BCUT2D eigenvalue weighted by atomic mass is 10.1. The van der Waals surface area contributed by atoms with Gasteiger partial charge in [-0.15, -0.1) is 0 Å². The summed E-state index contributed by atoms with van der Waals surface area (Å²) in [6.07, 6.45) is 2.40. The van der Waals surface area contributed by atoms with Gasteiger partial charge in [-0.1, -0.05) is 12.1 Å². The smallest absolute Gasteiger partial charge is 0.267 e. The first kappa shape index (κ1) is 14.8. The number of benzene rings is 1. The standard InChI is InChI=1S/C18H18N2O4/c1-12-17(24-16-7-3-2-6-15(16)22-12)18(21)20-10-14(11-20)23-13-5-4-8-19-9-13/h2-9,12,14,17H,10-11H2,1H3. The maximum atomic E-state index is 12.7. The summed E-state index contributed by atoms with van der Waals surface area (Å²) in [4.78, 5) is 18.4. The van der Waals surface area contributed by atoms with E-state index in [4.69, 9.17) is 14.2 Å². The molecule has 0 radical (unpaired) electrons. The molecule has 1 saturated heterocycles. The maximum Gasteiger partial charge on any atom is 0.267 e. The Balaban J connectivity index is 1.36. The minimum atomic E-state index is -0.626. The van der Waals surface area contributed by atoms with Crippen molar-refractivity contribution >= 4 is 5.91 Å². The number of carbonyl (C=O) groups excluding carboxylic acids is 1. The molecule has 0 spiro atoms. The Bertz CT molecular complexity index is 731. The summed E-state index contributed by atoms with van der Waals surface area (Å²) in [7, 11) is 0. The van der Waals surface area contributed by atoms with Crippen LogP contribution in [0.1, 0.15) is 6.92 Å². The number of ether oxygens (including phenoxy) is 3. The number of amides is 1. The van der Waals surface area contributed by atoms with Crippen LogP contribution in [0, 0.1) is 0 Å². The number of fused-ring (bicyclic) bond motifs is 1. The fourth-order valence-corrected chi connectivity index (χ4v) is 2.87. The molecule has 0 N–H and O–H groups in total. The Morgan fingerprint density at radius 3 is 2.62 bits per heavy atom. The van der Waals surface area contributed by atoms with Gasteiger partial charge in [-0.2, -0.15) is 0 Å². The van der Waals surface area contributed by atoms with Gasteiger partial charge < -0.3 is 19.1 Å². The lowest BCUT2D eigenvalue weighted by Crippen LogP contribution is -2.61. The molecule has 1 fully saturated rings. The first-order chi connectivity index (χ1) is 11.7. The van der Waals surface area contributed by atoms with Crippen LogP contribution in [0.2, 0.25) is 0 Å². The molecule has 6 nitrogen and oxygen atoms in total. The van der Waals surface area contributed by atoms with Gasteiger partial charge in [0.2, 0.25) is 6.10 Å². The van der Waals surface area contributed by atoms with E-state index in [2.05, 4.69) is 4.98 Å². The fraction of sp³-hybridized carbons (Fsp3) is 0.333. The van der Waals surface area contributed by atoms with Crippen molar-refractivity contribution < 1.29 is 19.0 Å². The second kappa shape index (κ2) is 6.03. The van der Waals surface area contributed by atoms with E-state index in [0.29, 0.717) is 30.3 Å². The highest BCUT2D eigenvalue weighted by molar-refractivity contribution is 5.83. The van der Waals surface area contributed by atoms with Crippen molar-refractivity contribution in [3.8, 4) is 17.2 Å². The van der Waals surface area contributed by atoms with Crippen LogP contribution in [-0.4, -0.2) is 47.2 Å². The molecule has 2 atom stereocenters. The number of para-hydroxylation sites is 2. The van der Waals surface area contributed by atoms with Crippen molar-refractivity contribution in [1.29, 1.82) is 0 Å². The molecule has 1 aromatic heterocycles. The van der Waals surface area contributed by atoms with E-state index < -0.39 is 6.10 Å². The van der Waals surface area contributed by atoms with Crippen molar-refractivity contribution in [2.45, 2.75) is 25.2 Å². The summed E-state index contributed by atoms with van der Waals surface area (Å²) < 4.78 is 17.4.